The van der Waals surface area contributed by atoms with Crippen molar-refractivity contribution in [3.63, 3.8) is 0 Å². The van der Waals surface area contributed by atoms with E-state index < -0.39 is 32.2 Å². The second kappa shape index (κ2) is 6.87. The second-order valence-electron chi connectivity index (χ2n) is 7.54. The number of anilines is 1. The number of nitrogens with one attached hydrogen (secondary N) is 2. The van der Waals surface area contributed by atoms with Crippen LogP contribution in [0.4, 0.5) is 10.5 Å². The van der Waals surface area contributed by atoms with Crippen LogP contribution in [0.5, 0.6) is 0 Å². The Bertz CT molecular complexity index is 1220. The summed E-state index contributed by atoms with van der Waals surface area (Å²) < 4.78 is 28.8. The first-order chi connectivity index (χ1) is 13.7. The van der Waals surface area contributed by atoms with E-state index in [0.717, 1.165) is 60.4 Å². The normalized spacial score (nSPS) is 15.1. The number of aryl methyl sites for hydroxylation is 3. The van der Waals surface area contributed by atoms with Crippen LogP contribution in [0.3, 0.4) is 0 Å². The summed E-state index contributed by atoms with van der Waals surface area (Å²) in [5.74, 6) is 0. The van der Waals surface area contributed by atoms with Crippen LogP contribution in [-0.4, -0.2) is 23.6 Å². The Morgan fingerprint density at radius 3 is 2.17 bits per heavy atom. The predicted octanol–water partition coefficient (Wildman–Crippen LogP) is 0.572. The van der Waals surface area contributed by atoms with Crippen molar-refractivity contribution < 1.29 is 13.2 Å². The third-order valence-corrected chi connectivity index (χ3v) is 6.96. The van der Waals surface area contributed by atoms with Gasteiger partial charge in [-0.05, 0) is 60.8 Å². The molecule has 0 bridgehead atoms. The standard InChI is InChI=1S/C19H22N4O5S/c1-22-10-15(17(24)23(2)19(22)26)29(27,28)21-18(25)20-16-13-7-3-5-11(13)9-12-6-4-8-14(12)16/h9-10H,3-8H2,1-2H3,(H2,20,21,25). The minimum atomic E-state index is -4.46. The molecule has 0 spiro atoms. The highest BCUT2D eigenvalue weighted by Crippen LogP contribution is 2.38. The van der Waals surface area contributed by atoms with Gasteiger partial charge in [-0.25, -0.2) is 22.7 Å². The van der Waals surface area contributed by atoms with E-state index in [0.29, 0.717) is 10.3 Å². The number of hydrogen-bond donors (Lipinski definition) is 2. The van der Waals surface area contributed by atoms with Crippen LogP contribution in [0.2, 0.25) is 0 Å². The summed E-state index contributed by atoms with van der Waals surface area (Å²) in [6.07, 6.45) is 6.50. The van der Waals surface area contributed by atoms with E-state index in [1.54, 1.807) is 0 Å². The molecule has 0 aliphatic heterocycles. The summed E-state index contributed by atoms with van der Waals surface area (Å²) >= 11 is 0. The van der Waals surface area contributed by atoms with E-state index in [4.69, 9.17) is 0 Å². The van der Waals surface area contributed by atoms with Crippen molar-refractivity contribution in [1.82, 2.24) is 13.9 Å². The van der Waals surface area contributed by atoms with E-state index in [9.17, 15) is 22.8 Å². The summed E-state index contributed by atoms with van der Waals surface area (Å²) in [6.45, 7) is 0. The van der Waals surface area contributed by atoms with E-state index in [-0.39, 0.29) is 0 Å². The number of benzene rings is 1. The van der Waals surface area contributed by atoms with Gasteiger partial charge in [0.25, 0.3) is 15.6 Å². The van der Waals surface area contributed by atoms with Crippen molar-refractivity contribution in [1.29, 1.82) is 0 Å². The third-order valence-electron chi connectivity index (χ3n) is 5.64. The Balaban J connectivity index is 1.65. The molecule has 154 valence electrons. The quantitative estimate of drug-likeness (QED) is 0.755. The fraction of sp³-hybridized carbons (Fsp3) is 0.421. The first-order valence-corrected chi connectivity index (χ1v) is 10.9. The van der Waals surface area contributed by atoms with Crippen molar-refractivity contribution in [2.75, 3.05) is 5.32 Å². The van der Waals surface area contributed by atoms with Crippen molar-refractivity contribution in [2.24, 2.45) is 14.1 Å². The van der Waals surface area contributed by atoms with Crippen LogP contribution in [-0.2, 0) is 49.8 Å². The van der Waals surface area contributed by atoms with Crippen LogP contribution >= 0.6 is 0 Å². The van der Waals surface area contributed by atoms with E-state index in [2.05, 4.69) is 11.4 Å². The molecule has 1 aromatic heterocycles. The largest absolute Gasteiger partial charge is 0.333 e. The zero-order chi connectivity index (χ0) is 20.9. The minimum absolute atomic E-state index is 0.659. The number of nitrogens with zero attached hydrogens (tertiary/aromatic N) is 2. The molecule has 0 saturated heterocycles. The molecule has 2 amide bonds. The highest BCUT2D eigenvalue weighted by Gasteiger charge is 2.27. The predicted molar refractivity (Wildman–Crippen MR) is 107 cm³/mol. The average molecular weight is 418 g/mol. The van der Waals surface area contributed by atoms with Crippen molar-refractivity contribution in [3.8, 4) is 0 Å². The molecule has 0 fully saturated rings. The zero-order valence-electron chi connectivity index (χ0n) is 16.2. The van der Waals surface area contributed by atoms with Crippen LogP contribution in [0.1, 0.15) is 35.1 Å². The minimum Gasteiger partial charge on any atom is -0.307 e. The van der Waals surface area contributed by atoms with Gasteiger partial charge in [0.1, 0.15) is 0 Å². The highest BCUT2D eigenvalue weighted by atomic mass is 32.2. The molecule has 0 atom stereocenters. The van der Waals surface area contributed by atoms with Gasteiger partial charge < -0.3 is 9.88 Å². The number of fused-ring (bicyclic) bond motifs is 2. The number of sulfonamides is 1. The van der Waals surface area contributed by atoms with Gasteiger partial charge >= 0.3 is 11.7 Å². The molecule has 0 radical (unpaired) electrons. The highest BCUT2D eigenvalue weighted by molar-refractivity contribution is 7.90. The molecule has 1 aromatic carbocycles. The molecular formula is C19H22N4O5S. The Morgan fingerprint density at radius 1 is 1.00 bits per heavy atom. The molecule has 10 heteroatoms. The fourth-order valence-corrected chi connectivity index (χ4v) is 5.31. The summed E-state index contributed by atoms with van der Waals surface area (Å²) in [4.78, 5) is 35.9. The van der Waals surface area contributed by atoms with Crippen LogP contribution < -0.4 is 21.3 Å². The van der Waals surface area contributed by atoms with Gasteiger partial charge in [-0.3, -0.25) is 9.36 Å². The van der Waals surface area contributed by atoms with E-state index in [1.165, 1.54) is 25.2 Å². The summed E-state index contributed by atoms with van der Waals surface area (Å²) in [5, 5.41) is 2.72. The van der Waals surface area contributed by atoms with Gasteiger partial charge in [-0.2, -0.15) is 0 Å². The first-order valence-electron chi connectivity index (χ1n) is 9.46. The SMILES string of the molecule is Cn1cc(S(=O)(=O)NC(=O)Nc2c3c(cc4c2CCC4)CCC3)c(=O)n(C)c1=O. The molecule has 2 N–H and O–H groups in total. The van der Waals surface area contributed by atoms with Crippen LogP contribution in [0.25, 0.3) is 0 Å². The van der Waals surface area contributed by atoms with Crippen molar-refractivity contribution in [2.45, 2.75) is 43.4 Å². The molecule has 29 heavy (non-hydrogen) atoms. The monoisotopic (exact) mass is 418 g/mol. The van der Waals surface area contributed by atoms with Gasteiger partial charge in [0.05, 0.1) is 0 Å². The number of carbonyl (C=O) groups excluding carboxylic acids is 1. The number of hydrogen-bond acceptors (Lipinski definition) is 5. The molecule has 2 aliphatic rings. The molecule has 2 aromatic rings. The van der Waals surface area contributed by atoms with Gasteiger partial charge in [0.2, 0.25) is 0 Å². The van der Waals surface area contributed by atoms with Crippen molar-refractivity contribution in [3.05, 3.63) is 55.4 Å². The number of amides is 2. The molecule has 2 aliphatic carbocycles. The molecule has 9 nitrogen and oxygen atoms in total. The number of aromatic nitrogens is 2. The van der Waals surface area contributed by atoms with Gasteiger partial charge in [0.15, 0.2) is 4.90 Å². The van der Waals surface area contributed by atoms with Crippen molar-refractivity contribution >= 4 is 21.7 Å². The lowest BCUT2D eigenvalue weighted by Crippen LogP contribution is -2.43. The van der Waals surface area contributed by atoms with Crippen LogP contribution in [0, 0.1) is 0 Å². The smallest absolute Gasteiger partial charge is 0.307 e. The Hall–Kier alpha value is -2.88. The Kier molecular flexibility index (Phi) is 4.60. The van der Waals surface area contributed by atoms with Gasteiger partial charge in [-0.15, -0.1) is 0 Å². The maximum Gasteiger partial charge on any atom is 0.333 e. The molecule has 0 unspecified atom stereocenters. The zero-order valence-corrected chi connectivity index (χ0v) is 17.1. The average Bonchev–Trinajstić information content (AvgIpc) is 3.31. The second-order valence-corrected chi connectivity index (χ2v) is 9.20. The Morgan fingerprint density at radius 2 is 1.59 bits per heavy atom. The summed E-state index contributed by atoms with van der Waals surface area (Å²) in [7, 11) is -1.94. The molecule has 4 rings (SSSR count). The molecule has 0 saturated carbocycles. The topological polar surface area (TPSA) is 119 Å². The Labute approximate surface area is 167 Å². The fourth-order valence-electron chi connectivity index (χ4n) is 4.24. The van der Waals surface area contributed by atoms with Crippen LogP contribution in [0.15, 0.2) is 26.7 Å². The maximum atomic E-state index is 12.6. The van der Waals surface area contributed by atoms with E-state index in [1.807, 2.05) is 4.72 Å². The third kappa shape index (κ3) is 3.27. The molecule has 1 heterocycles. The number of carbonyl (C=O) groups is 1. The number of urea groups is 1. The lowest BCUT2D eigenvalue weighted by molar-refractivity contribution is 0.256. The first kappa shape index (κ1) is 19.4. The van der Waals surface area contributed by atoms with E-state index >= 15 is 0 Å². The van der Waals surface area contributed by atoms with Gasteiger partial charge in [0, 0.05) is 26.0 Å². The summed E-state index contributed by atoms with van der Waals surface area (Å²) in [6, 6.07) is 1.29. The maximum absolute atomic E-state index is 12.6. The lowest BCUT2D eigenvalue weighted by atomic mass is 9.99. The molecular weight excluding hydrogens is 396 g/mol. The number of rotatable bonds is 3. The van der Waals surface area contributed by atoms with Gasteiger partial charge in [-0.1, -0.05) is 6.07 Å². The lowest BCUT2D eigenvalue weighted by Gasteiger charge is -2.16. The summed E-state index contributed by atoms with van der Waals surface area (Å²) in [5.41, 5.74) is 3.59.